The number of hydrogen-bond donors (Lipinski definition) is 2. The van der Waals surface area contributed by atoms with Gasteiger partial charge in [0.05, 0.1) is 22.3 Å². The summed E-state index contributed by atoms with van der Waals surface area (Å²) in [7, 11) is 0. The molecule has 1 aliphatic heterocycles. The van der Waals surface area contributed by atoms with Gasteiger partial charge in [-0.15, -0.1) is 0 Å². The van der Waals surface area contributed by atoms with Crippen molar-refractivity contribution in [2.75, 3.05) is 18.0 Å². The average molecular weight is 470 g/mol. The first-order valence-corrected chi connectivity index (χ1v) is 10.7. The Morgan fingerprint density at radius 1 is 1.15 bits per heavy atom. The lowest BCUT2D eigenvalue weighted by atomic mass is 9.99. The maximum atomic E-state index is 14.0. The monoisotopic (exact) mass is 470 g/mol. The fourth-order valence-electron chi connectivity index (χ4n) is 4.43. The lowest BCUT2D eigenvalue weighted by Gasteiger charge is -2.26. The molecule has 4 aromatic rings. The molecule has 0 spiro atoms. The standard InChI is InChI=1S/C24H22F4N6/c1-13-5-7-31-22-19(13)32-21(33-22)16-11-30-10-15(20(16)34-8-6-23(2,29)12-34)14-3-4-18(25)17(9-14)24(26,27)28/h3-5,7,9-11H,6,8,12,29H2,1-2H3,(H,31,32,33)/t23-/m0/s1. The van der Waals surface area contributed by atoms with E-state index >= 15 is 0 Å². The Morgan fingerprint density at radius 2 is 1.91 bits per heavy atom. The molecule has 4 heterocycles. The van der Waals surface area contributed by atoms with E-state index in [1.807, 2.05) is 24.8 Å². The smallest absolute Gasteiger partial charge is 0.368 e. The molecule has 3 N–H and O–H groups in total. The van der Waals surface area contributed by atoms with Gasteiger partial charge in [-0.25, -0.2) is 14.4 Å². The van der Waals surface area contributed by atoms with Crippen molar-refractivity contribution in [3.05, 3.63) is 59.8 Å². The molecular weight excluding hydrogens is 448 g/mol. The van der Waals surface area contributed by atoms with Crippen LogP contribution in [0.3, 0.4) is 0 Å². The molecule has 6 nitrogen and oxygen atoms in total. The van der Waals surface area contributed by atoms with Gasteiger partial charge in [-0.05, 0) is 49.6 Å². The first-order chi connectivity index (χ1) is 16.0. The van der Waals surface area contributed by atoms with E-state index in [1.165, 1.54) is 12.3 Å². The number of imidazole rings is 1. The number of nitrogens with two attached hydrogens (primary N) is 1. The van der Waals surface area contributed by atoms with Crippen molar-refractivity contribution in [2.45, 2.75) is 32.0 Å². The van der Waals surface area contributed by atoms with E-state index in [1.54, 1.807) is 12.4 Å². The van der Waals surface area contributed by atoms with Gasteiger partial charge < -0.3 is 15.6 Å². The molecule has 3 aromatic heterocycles. The Morgan fingerprint density at radius 3 is 2.59 bits per heavy atom. The fourth-order valence-corrected chi connectivity index (χ4v) is 4.43. The highest BCUT2D eigenvalue weighted by atomic mass is 19.4. The second-order valence-corrected chi connectivity index (χ2v) is 9.01. The Hall–Kier alpha value is -3.53. The number of anilines is 1. The Labute approximate surface area is 192 Å². The predicted octanol–water partition coefficient (Wildman–Crippen LogP) is 5.08. The van der Waals surface area contributed by atoms with Crippen molar-refractivity contribution in [3.8, 4) is 22.5 Å². The van der Waals surface area contributed by atoms with Crippen LogP contribution < -0.4 is 10.6 Å². The molecule has 0 unspecified atom stereocenters. The molecule has 0 aliphatic carbocycles. The van der Waals surface area contributed by atoms with Crippen LogP contribution >= 0.6 is 0 Å². The van der Waals surface area contributed by atoms with Crippen molar-refractivity contribution < 1.29 is 17.6 Å². The lowest BCUT2D eigenvalue weighted by molar-refractivity contribution is -0.139. The minimum atomic E-state index is -4.82. The number of aryl methyl sites for hydroxylation is 1. The molecule has 5 rings (SSSR count). The second kappa shape index (κ2) is 7.76. The van der Waals surface area contributed by atoms with Gasteiger partial charge in [0.1, 0.15) is 11.6 Å². The molecule has 0 bridgehead atoms. The molecule has 1 aliphatic rings. The zero-order chi connectivity index (χ0) is 24.3. The zero-order valence-electron chi connectivity index (χ0n) is 18.5. The Bertz CT molecular complexity index is 1390. The van der Waals surface area contributed by atoms with Crippen LogP contribution in [-0.2, 0) is 6.18 Å². The third kappa shape index (κ3) is 3.87. The van der Waals surface area contributed by atoms with Gasteiger partial charge in [0.25, 0.3) is 0 Å². The maximum Gasteiger partial charge on any atom is 0.419 e. The van der Waals surface area contributed by atoms with Gasteiger partial charge in [-0.3, -0.25) is 4.98 Å². The average Bonchev–Trinajstić information content (AvgIpc) is 3.36. The summed E-state index contributed by atoms with van der Waals surface area (Å²) < 4.78 is 54.3. The van der Waals surface area contributed by atoms with E-state index in [4.69, 9.17) is 5.73 Å². The number of pyridine rings is 2. The van der Waals surface area contributed by atoms with Crippen molar-refractivity contribution in [3.63, 3.8) is 0 Å². The number of nitrogens with zero attached hydrogens (tertiary/aromatic N) is 4. The van der Waals surface area contributed by atoms with Crippen molar-refractivity contribution in [1.82, 2.24) is 19.9 Å². The minimum Gasteiger partial charge on any atom is -0.368 e. The summed E-state index contributed by atoms with van der Waals surface area (Å²) in [6.45, 7) is 4.95. The molecule has 1 fully saturated rings. The normalized spacial score (nSPS) is 18.7. The summed E-state index contributed by atoms with van der Waals surface area (Å²) in [5.41, 5.74) is 8.71. The number of aromatic nitrogens is 4. The highest BCUT2D eigenvalue weighted by Gasteiger charge is 2.36. The molecule has 1 atom stereocenters. The summed E-state index contributed by atoms with van der Waals surface area (Å²) in [6.07, 6.45) is 0.648. The number of hydrogen-bond acceptors (Lipinski definition) is 5. The van der Waals surface area contributed by atoms with Gasteiger partial charge in [-0.1, -0.05) is 6.07 Å². The molecule has 34 heavy (non-hydrogen) atoms. The van der Waals surface area contributed by atoms with Crippen molar-refractivity contribution in [2.24, 2.45) is 5.73 Å². The van der Waals surface area contributed by atoms with Crippen LogP contribution in [0.4, 0.5) is 23.2 Å². The first-order valence-electron chi connectivity index (χ1n) is 10.7. The van der Waals surface area contributed by atoms with Crippen LogP contribution in [0, 0.1) is 12.7 Å². The highest BCUT2D eigenvalue weighted by Crippen LogP contribution is 2.42. The van der Waals surface area contributed by atoms with Crippen LogP contribution in [0.2, 0.25) is 0 Å². The largest absolute Gasteiger partial charge is 0.419 e. The number of halogens is 4. The van der Waals surface area contributed by atoms with Gasteiger partial charge in [0.2, 0.25) is 0 Å². The summed E-state index contributed by atoms with van der Waals surface area (Å²) >= 11 is 0. The van der Waals surface area contributed by atoms with Crippen molar-refractivity contribution >= 4 is 16.9 Å². The topological polar surface area (TPSA) is 83.7 Å². The third-order valence-corrected chi connectivity index (χ3v) is 6.18. The second-order valence-electron chi connectivity index (χ2n) is 9.01. The quantitative estimate of drug-likeness (QED) is 0.408. The maximum absolute atomic E-state index is 14.0. The van der Waals surface area contributed by atoms with Crippen LogP contribution in [0.5, 0.6) is 0 Å². The molecule has 10 heteroatoms. The number of aromatic amines is 1. The molecule has 0 radical (unpaired) electrons. The van der Waals surface area contributed by atoms with Gasteiger partial charge in [0.15, 0.2) is 5.65 Å². The van der Waals surface area contributed by atoms with E-state index in [-0.39, 0.29) is 5.56 Å². The highest BCUT2D eigenvalue weighted by molar-refractivity contribution is 5.91. The summed E-state index contributed by atoms with van der Waals surface area (Å²) in [4.78, 5) is 18.5. The van der Waals surface area contributed by atoms with Crippen LogP contribution in [0.1, 0.15) is 24.5 Å². The number of H-pyrrole nitrogens is 1. The van der Waals surface area contributed by atoms with E-state index in [0.717, 1.165) is 23.2 Å². The Kier molecular flexibility index (Phi) is 5.09. The van der Waals surface area contributed by atoms with E-state index in [0.29, 0.717) is 47.8 Å². The third-order valence-electron chi connectivity index (χ3n) is 6.18. The summed E-state index contributed by atoms with van der Waals surface area (Å²) in [5.74, 6) is -0.832. The van der Waals surface area contributed by atoms with Gasteiger partial charge in [0, 0.05) is 42.8 Å². The molecule has 0 saturated carbocycles. The predicted molar refractivity (Wildman–Crippen MR) is 122 cm³/mol. The van der Waals surface area contributed by atoms with Crippen LogP contribution in [0.15, 0.2) is 42.9 Å². The van der Waals surface area contributed by atoms with E-state index in [2.05, 4.69) is 19.9 Å². The molecule has 176 valence electrons. The van der Waals surface area contributed by atoms with Crippen molar-refractivity contribution in [1.29, 1.82) is 0 Å². The van der Waals surface area contributed by atoms with Gasteiger partial charge in [-0.2, -0.15) is 13.2 Å². The van der Waals surface area contributed by atoms with E-state index < -0.39 is 23.1 Å². The van der Waals surface area contributed by atoms with Crippen LogP contribution in [-0.4, -0.2) is 38.6 Å². The number of rotatable bonds is 3. The summed E-state index contributed by atoms with van der Waals surface area (Å²) in [5, 5.41) is 0. The van der Waals surface area contributed by atoms with E-state index in [9.17, 15) is 17.6 Å². The molecule has 0 amide bonds. The number of benzene rings is 1. The molecule has 1 aromatic carbocycles. The minimum absolute atomic E-state index is 0.203. The Balaban J connectivity index is 1.74. The fraction of sp³-hybridized carbons (Fsp3) is 0.292. The van der Waals surface area contributed by atoms with Gasteiger partial charge >= 0.3 is 6.18 Å². The molecule has 1 saturated heterocycles. The van der Waals surface area contributed by atoms with Crippen LogP contribution in [0.25, 0.3) is 33.7 Å². The number of fused-ring (bicyclic) bond motifs is 1. The SMILES string of the molecule is Cc1ccnc2nc(-c3cncc(-c4ccc(F)c(C(F)(F)F)c4)c3N3CC[C@](C)(N)C3)[nH]c12. The lowest BCUT2D eigenvalue weighted by Crippen LogP contribution is -2.39. The number of nitrogens with one attached hydrogen (secondary N) is 1. The first kappa shape index (κ1) is 22.3. The summed E-state index contributed by atoms with van der Waals surface area (Å²) in [6, 6.07) is 4.84. The number of alkyl halides is 3. The molecular formula is C24H22F4N6. The zero-order valence-corrected chi connectivity index (χ0v) is 18.5.